The zero-order valence-electron chi connectivity index (χ0n) is 11.2. The van der Waals surface area contributed by atoms with E-state index < -0.39 is 0 Å². The molecule has 1 heterocycles. The van der Waals surface area contributed by atoms with Crippen LogP contribution in [0, 0.1) is 0 Å². The van der Waals surface area contributed by atoms with Crippen molar-refractivity contribution >= 4 is 11.6 Å². The van der Waals surface area contributed by atoms with Crippen molar-refractivity contribution in [1.82, 2.24) is 4.90 Å². The highest BCUT2D eigenvalue weighted by Crippen LogP contribution is 2.17. The average molecular weight is 284 g/mol. The number of piperidine rings is 1. The molecule has 0 saturated carbocycles. The van der Waals surface area contributed by atoms with Crippen LogP contribution in [0.25, 0.3) is 0 Å². The zero-order chi connectivity index (χ0) is 13.5. The van der Waals surface area contributed by atoms with E-state index in [4.69, 9.17) is 21.4 Å². The van der Waals surface area contributed by atoms with Crippen LogP contribution in [0.15, 0.2) is 24.3 Å². The lowest BCUT2D eigenvalue weighted by molar-refractivity contribution is 0.000786. The summed E-state index contributed by atoms with van der Waals surface area (Å²) in [6.45, 7) is 4.03. The summed E-state index contributed by atoms with van der Waals surface area (Å²) in [4.78, 5) is 2.45. The van der Waals surface area contributed by atoms with Crippen LogP contribution >= 0.6 is 11.6 Å². The van der Waals surface area contributed by atoms with Gasteiger partial charge in [0.1, 0.15) is 0 Å². The lowest BCUT2D eigenvalue weighted by Crippen LogP contribution is -2.36. The normalized spacial score (nSPS) is 17.8. The van der Waals surface area contributed by atoms with Gasteiger partial charge in [-0.05, 0) is 37.0 Å². The van der Waals surface area contributed by atoms with E-state index in [1.165, 1.54) is 5.56 Å². The minimum Gasteiger partial charge on any atom is -0.396 e. The fraction of sp³-hybridized carbons (Fsp3) is 0.600. The third-order valence-electron chi connectivity index (χ3n) is 3.51. The van der Waals surface area contributed by atoms with E-state index >= 15 is 0 Å². The molecule has 0 unspecified atom stereocenters. The fourth-order valence-electron chi connectivity index (χ4n) is 2.40. The van der Waals surface area contributed by atoms with Crippen molar-refractivity contribution < 1.29 is 9.84 Å². The first kappa shape index (κ1) is 14.8. The van der Waals surface area contributed by atoms with E-state index in [0.717, 1.165) is 43.9 Å². The van der Waals surface area contributed by atoms with Crippen LogP contribution in [0.4, 0.5) is 0 Å². The van der Waals surface area contributed by atoms with E-state index in [2.05, 4.69) is 17.0 Å². The first-order valence-electron chi connectivity index (χ1n) is 6.97. The molecule has 1 aromatic rings. The van der Waals surface area contributed by atoms with Crippen molar-refractivity contribution in [2.45, 2.75) is 31.9 Å². The summed E-state index contributed by atoms with van der Waals surface area (Å²) in [6.07, 6.45) is 3.27. The van der Waals surface area contributed by atoms with Gasteiger partial charge in [0.2, 0.25) is 0 Å². The summed E-state index contributed by atoms with van der Waals surface area (Å²) in [7, 11) is 0. The van der Waals surface area contributed by atoms with Crippen LogP contribution in [0.3, 0.4) is 0 Å². The Kier molecular flexibility index (Phi) is 6.11. The number of ether oxygens (including phenoxy) is 1. The van der Waals surface area contributed by atoms with Gasteiger partial charge in [0, 0.05) is 37.9 Å². The van der Waals surface area contributed by atoms with Crippen LogP contribution in [-0.2, 0) is 11.3 Å². The molecule has 0 radical (unpaired) electrons. The topological polar surface area (TPSA) is 32.7 Å². The largest absolute Gasteiger partial charge is 0.396 e. The van der Waals surface area contributed by atoms with Crippen molar-refractivity contribution in [3.63, 3.8) is 0 Å². The molecule has 1 aliphatic rings. The third kappa shape index (κ3) is 5.11. The Morgan fingerprint density at radius 1 is 1.21 bits per heavy atom. The molecule has 0 bridgehead atoms. The van der Waals surface area contributed by atoms with Crippen LogP contribution < -0.4 is 0 Å². The Labute approximate surface area is 120 Å². The lowest BCUT2D eigenvalue weighted by atomic mass is 10.1. The number of hydrogen-bond acceptors (Lipinski definition) is 3. The van der Waals surface area contributed by atoms with Gasteiger partial charge in [-0.15, -0.1) is 0 Å². The second-order valence-corrected chi connectivity index (χ2v) is 5.49. The van der Waals surface area contributed by atoms with E-state index in [-0.39, 0.29) is 6.61 Å². The average Bonchev–Trinajstić information content (AvgIpc) is 2.44. The predicted molar refractivity (Wildman–Crippen MR) is 77.4 cm³/mol. The second kappa shape index (κ2) is 7.85. The smallest absolute Gasteiger partial charge is 0.0599 e. The first-order valence-corrected chi connectivity index (χ1v) is 7.35. The molecule has 4 heteroatoms. The van der Waals surface area contributed by atoms with Gasteiger partial charge >= 0.3 is 0 Å². The number of benzene rings is 1. The summed E-state index contributed by atoms with van der Waals surface area (Å²) in [5, 5.41) is 9.52. The van der Waals surface area contributed by atoms with E-state index in [0.29, 0.717) is 12.7 Å². The number of hydrogen-bond donors (Lipinski definition) is 1. The standard InChI is InChI=1S/C15H22ClNO2/c16-14-4-2-13(3-5-14)12-17-8-6-15(7-9-17)19-11-1-10-18/h2-5,15,18H,1,6-12H2. The van der Waals surface area contributed by atoms with E-state index in [1.54, 1.807) is 0 Å². The molecule has 0 amide bonds. The molecule has 1 aliphatic heterocycles. The maximum atomic E-state index is 8.72. The molecule has 0 spiro atoms. The van der Waals surface area contributed by atoms with Gasteiger partial charge in [-0.3, -0.25) is 4.90 Å². The van der Waals surface area contributed by atoms with Gasteiger partial charge in [-0.25, -0.2) is 0 Å². The maximum Gasteiger partial charge on any atom is 0.0599 e. The molecule has 0 atom stereocenters. The predicted octanol–water partition coefficient (Wildman–Crippen LogP) is 2.70. The van der Waals surface area contributed by atoms with Crippen molar-refractivity contribution in [2.24, 2.45) is 0 Å². The summed E-state index contributed by atoms with van der Waals surface area (Å²) in [5.41, 5.74) is 1.31. The number of aliphatic hydroxyl groups excluding tert-OH is 1. The maximum absolute atomic E-state index is 8.72. The van der Waals surface area contributed by atoms with Crippen LogP contribution in [-0.4, -0.2) is 42.4 Å². The molecular formula is C15H22ClNO2. The van der Waals surface area contributed by atoms with E-state index in [1.807, 2.05) is 12.1 Å². The molecule has 0 aromatic heterocycles. The molecule has 2 rings (SSSR count). The minimum atomic E-state index is 0.218. The second-order valence-electron chi connectivity index (χ2n) is 5.05. The molecule has 1 saturated heterocycles. The molecule has 1 aromatic carbocycles. The first-order chi connectivity index (χ1) is 9.28. The highest BCUT2D eigenvalue weighted by atomic mass is 35.5. The Morgan fingerprint density at radius 2 is 1.89 bits per heavy atom. The SMILES string of the molecule is OCCCOC1CCN(Cc2ccc(Cl)cc2)CC1. The third-order valence-corrected chi connectivity index (χ3v) is 3.76. The summed E-state index contributed by atoms with van der Waals surface area (Å²) in [5.74, 6) is 0. The van der Waals surface area contributed by atoms with Gasteiger partial charge in [0.05, 0.1) is 6.10 Å². The Bertz CT molecular complexity index is 361. The highest BCUT2D eigenvalue weighted by molar-refractivity contribution is 6.30. The molecule has 0 aliphatic carbocycles. The number of aliphatic hydroxyl groups is 1. The van der Waals surface area contributed by atoms with Gasteiger partial charge in [0.25, 0.3) is 0 Å². The molecule has 1 N–H and O–H groups in total. The number of rotatable bonds is 6. The van der Waals surface area contributed by atoms with Gasteiger partial charge in [-0.1, -0.05) is 23.7 Å². The quantitative estimate of drug-likeness (QED) is 0.815. The number of likely N-dealkylation sites (tertiary alicyclic amines) is 1. The van der Waals surface area contributed by atoms with E-state index in [9.17, 15) is 0 Å². The fourth-order valence-corrected chi connectivity index (χ4v) is 2.52. The number of nitrogens with zero attached hydrogens (tertiary/aromatic N) is 1. The molecular weight excluding hydrogens is 262 g/mol. The van der Waals surface area contributed by atoms with Gasteiger partial charge in [0.15, 0.2) is 0 Å². The van der Waals surface area contributed by atoms with Crippen molar-refractivity contribution in [3.05, 3.63) is 34.9 Å². The Hall–Kier alpha value is -0.610. The summed E-state index contributed by atoms with van der Waals surface area (Å²) in [6, 6.07) is 8.07. The van der Waals surface area contributed by atoms with Crippen molar-refractivity contribution in [2.75, 3.05) is 26.3 Å². The molecule has 1 fully saturated rings. The monoisotopic (exact) mass is 283 g/mol. The van der Waals surface area contributed by atoms with Crippen LogP contribution in [0.2, 0.25) is 5.02 Å². The van der Waals surface area contributed by atoms with Crippen LogP contribution in [0.5, 0.6) is 0 Å². The molecule has 19 heavy (non-hydrogen) atoms. The molecule has 3 nitrogen and oxygen atoms in total. The molecule has 106 valence electrons. The van der Waals surface area contributed by atoms with Gasteiger partial charge < -0.3 is 9.84 Å². The lowest BCUT2D eigenvalue weighted by Gasteiger charge is -2.31. The van der Waals surface area contributed by atoms with Crippen LogP contribution in [0.1, 0.15) is 24.8 Å². The Morgan fingerprint density at radius 3 is 2.53 bits per heavy atom. The Balaban J connectivity index is 1.69. The summed E-state index contributed by atoms with van der Waals surface area (Å²) < 4.78 is 5.73. The highest BCUT2D eigenvalue weighted by Gasteiger charge is 2.19. The van der Waals surface area contributed by atoms with Gasteiger partial charge in [-0.2, -0.15) is 0 Å². The number of halogens is 1. The summed E-state index contributed by atoms with van der Waals surface area (Å²) >= 11 is 5.89. The minimum absolute atomic E-state index is 0.218. The van der Waals surface area contributed by atoms with Crippen molar-refractivity contribution in [1.29, 1.82) is 0 Å². The zero-order valence-corrected chi connectivity index (χ0v) is 12.0. The van der Waals surface area contributed by atoms with Crippen molar-refractivity contribution in [3.8, 4) is 0 Å².